The molecule has 0 fully saturated rings. The molecule has 0 bridgehead atoms. The molecule has 2 aromatic rings. The number of aromatic nitrogens is 1. The van der Waals surface area contributed by atoms with Gasteiger partial charge < -0.3 is 14.6 Å². The van der Waals surface area contributed by atoms with Crippen molar-refractivity contribution in [2.45, 2.75) is 0 Å². The number of rotatable bonds is 2. The zero-order chi connectivity index (χ0) is 10.8. The molecule has 0 radical (unpaired) electrons. The van der Waals surface area contributed by atoms with E-state index in [-0.39, 0.29) is 11.4 Å². The second-order valence-electron chi connectivity index (χ2n) is 2.84. The first-order valence-electron chi connectivity index (χ1n) is 4.15. The molecule has 2 N–H and O–H groups in total. The predicted octanol–water partition coefficient (Wildman–Crippen LogP) is 1.75. The van der Waals surface area contributed by atoms with Crippen LogP contribution in [-0.2, 0) is 0 Å². The van der Waals surface area contributed by atoms with Crippen molar-refractivity contribution in [1.82, 2.24) is 4.98 Å². The lowest BCUT2D eigenvalue weighted by molar-refractivity contribution is 0.0687. The number of aromatic hydroxyl groups is 1. The molecular formula is C10H7NO4. The lowest BCUT2D eigenvalue weighted by Crippen LogP contribution is -2.00. The summed E-state index contributed by atoms with van der Waals surface area (Å²) >= 11 is 0. The highest BCUT2D eigenvalue weighted by Crippen LogP contribution is 2.30. The van der Waals surface area contributed by atoms with Crippen LogP contribution in [0.5, 0.6) is 5.75 Å². The van der Waals surface area contributed by atoms with Crippen LogP contribution in [0.3, 0.4) is 0 Å². The van der Waals surface area contributed by atoms with Gasteiger partial charge in [0, 0.05) is 6.20 Å². The monoisotopic (exact) mass is 205 g/mol. The molecule has 2 rings (SSSR count). The normalized spacial score (nSPS) is 10.1. The van der Waals surface area contributed by atoms with E-state index in [0.717, 1.165) is 0 Å². The van der Waals surface area contributed by atoms with Crippen LogP contribution < -0.4 is 0 Å². The highest BCUT2D eigenvalue weighted by molar-refractivity contribution is 5.91. The molecule has 0 aliphatic carbocycles. The summed E-state index contributed by atoms with van der Waals surface area (Å²) in [6, 6.07) is 4.76. The van der Waals surface area contributed by atoms with Crippen LogP contribution in [-0.4, -0.2) is 21.2 Å². The van der Waals surface area contributed by atoms with E-state index < -0.39 is 5.97 Å². The van der Waals surface area contributed by atoms with Crippen LogP contribution >= 0.6 is 0 Å². The third kappa shape index (κ3) is 1.54. The molecule has 5 heteroatoms. The summed E-state index contributed by atoms with van der Waals surface area (Å²) in [6.07, 6.45) is 2.75. The number of pyridine rings is 1. The van der Waals surface area contributed by atoms with Crippen LogP contribution in [0.4, 0.5) is 0 Å². The maximum absolute atomic E-state index is 10.7. The highest BCUT2D eigenvalue weighted by Gasteiger charge is 2.16. The maximum Gasteiger partial charge on any atom is 0.358 e. The average molecular weight is 205 g/mol. The van der Waals surface area contributed by atoms with E-state index in [0.29, 0.717) is 11.3 Å². The first-order chi connectivity index (χ1) is 7.20. The molecule has 0 aliphatic rings. The molecule has 15 heavy (non-hydrogen) atoms. The molecule has 0 unspecified atom stereocenters. The van der Waals surface area contributed by atoms with Gasteiger partial charge in [-0.3, -0.25) is 0 Å². The Bertz CT molecular complexity index is 490. The minimum absolute atomic E-state index is 0.312. The summed E-state index contributed by atoms with van der Waals surface area (Å²) in [7, 11) is 0. The van der Waals surface area contributed by atoms with E-state index in [9.17, 15) is 9.90 Å². The number of hydrogen-bond acceptors (Lipinski definition) is 4. The lowest BCUT2D eigenvalue weighted by Gasteiger charge is -2.02. The maximum atomic E-state index is 10.7. The Hall–Kier alpha value is -2.30. The Morgan fingerprint density at radius 2 is 2.20 bits per heavy atom. The van der Waals surface area contributed by atoms with Gasteiger partial charge in [0.2, 0.25) is 0 Å². The topological polar surface area (TPSA) is 83.6 Å². The largest absolute Gasteiger partial charge is 0.505 e. The van der Waals surface area contributed by atoms with Gasteiger partial charge in [0.15, 0.2) is 11.4 Å². The second-order valence-corrected chi connectivity index (χ2v) is 2.84. The van der Waals surface area contributed by atoms with E-state index in [1.807, 2.05) is 0 Å². The van der Waals surface area contributed by atoms with Crippen molar-refractivity contribution < 1.29 is 19.4 Å². The summed E-state index contributed by atoms with van der Waals surface area (Å²) in [5.41, 5.74) is -0.0729. The Balaban J connectivity index is 2.59. The van der Waals surface area contributed by atoms with Gasteiger partial charge in [0.1, 0.15) is 5.76 Å². The number of carbonyl (C=O) groups is 1. The predicted molar refractivity (Wildman–Crippen MR) is 50.6 cm³/mol. The zero-order valence-corrected chi connectivity index (χ0v) is 7.54. The molecule has 0 atom stereocenters. The third-order valence-corrected chi connectivity index (χ3v) is 1.91. The fraction of sp³-hybridized carbons (Fsp3) is 0. The third-order valence-electron chi connectivity index (χ3n) is 1.91. The molecular weight excluding hydrogens is 198 g/mol. The fourth-order valence-corrected chi connectivity index (χ4v) is 1.24. The SMILES string of the molecule is O=C(O)c1nccc(-c2ccco2)c1O. The van der Waals surface area contributed by atoms with Crippen LogP contribution in [0.1, 0.15) is 10.5 Å². The standard InChI is InChI=1S/C10H7NO4/c12-9-6(7-2-1-5-15-7)3-4-11-8(9)10(13)14/h1-5,12H,(H,13,14). The van der Waals surface area contributed by atoms with Crippen LogP contribution in [0.2, 0.25) is 0 Å². The lowest BCUT2D eigenvalue weighted by atomic mass is 10.1. The molecule has 2 aromatic heterocycles. The fourth-order valence-electron chi connectivity index (χ4n) is 1.24. The number of furan rings is 1. The van der Waals surface area contributed by atoms with E-state index in [2.05, 4.69) is 4.98 Å². The molecule has 0 aliphatic heterocycles. The number of nitrogens with zero attached hydrogens (tertiary/aromatic N) is 1. The van der Waals surface area contributed by atoms with Crippen molar-refractivity contribution in [1.29, 1.82) is 0 Å². The number of carboxylic acid groups (broad SMARTS) is 1. The van der Waals surface area contributed by atoms with Crippen molar-refractivity contribution in [2.75, 3.05) is 0 Å². The van der Waals surface area contributed by atoms with E-state index in [1.165, 1.54) is 18.5 Å². The van der Waals surface area contributed by atoms with Gasteiger partial charge in [0.05, 0.1) is 11.8 Å². The molecule has 0 saturated carbocycles. The van der Waals surface area contributed by atoms with Crippen molar-refractivity contribution >= 4 is 5.97 Å². The van der Waals surface area contributed by atoms with Gasteiger partial charge in [-0.2, -0.15) is 0 Å². The Morgan fingerprint density at radius 3 is 2.80 bits per heavy atom. The van der Waals surface area contributed by atoms with Crippen LogP contribution in [0, 0.1) is 0 Å². The van der Waals surface area contributed by atoms with Crippen molar-refractivity contribution in [3.05, 3.63) is 36.4 Å². The summed E-state index contributed by atoms with van der Waals surface area (Å²) < 4.78 is 5.05. The summed E-state index contributed by atoms with van der Waals surface area (Å²) in [4.78, 5) is 14.2. The van der Waals surface area contributed by atoms with Gasteiger partial charge in [0.25, 0.3) is 0 Å². The molecule has 0 saturated heterocycles. The van der Waals surface area contributed by atoms with E-state index in [1.54, 1.807) is 12.1 Å². The molecule has 0 aromatic carbocycles. The average Bonchev–Trinajstić information content (AvgIpc) is 2.70. The van der Waals surface area contributed by atoms with Crippen molar-refractivity contribution in [3.63, 3.8) is 0 Å². The molecule has 0 spiro atoms. The smallest absolute Gasteiger partial charge is 0.358 e. The highest BCUT2D eigenvalue weighted by atomic mass is 16.4. The zero-order valence-electron chi connectivity index (χ0n) is 7.54. The van der Waals surface area contributed by atoms with Crippen molar-refractivity contribution in [3.8, 4) is 17.1 Å². The van der Waals surface area contributed by atoms with Gasteiger partial charge >= 0.3 is 5.97 Å². The van der Waals surface area contributed by atoms with Crippen LogP contribution in [0.15, 0.2) is 35.1 Å². The molecule has 76 valence electrons. The second kappa shape index (κ2) is 3.45. The Kier molecular flexibility index (Phi) is 2.13. The van der Waals surface area contributed by atoms with E-state index in [4.69, 9.17) is 9.52 Å². The minimum atomic E-state index is -1.28. The summed E-state index contributed by atoms with van der Waals surface area (Å²) in [5, 5.41) is 18.4. The first kappa shape index (κ1) is 9.26. The summed E-state index contributed by atoms with van der Waals surface area (Å²) in [5.74, 6) is -1.27. The number of carboxylic acids is 1. The van der Waals surface area contributed by atoms with E-state index >= 15 is 0 Å². The van der Waals surface area contributed by atoms with Gasteiger partial charge in [-0.15, -0.1) is 0 Å². The molecule has 0 amide bonds. The quantitative estimate of drug-likeness (QED) is 0.780. The first-order valence-corrected chi connectivity index (χ1v) is 4.15. The van der Waals surface area contributed by atoms with Gasteiger partial charge in [-0.1, -0.05) is 0 Å². The Morgan fingerprint density at radius 1 is 1.40 bits per heavy atom. The number of hydrogen-bond donors (Lipinski definition) is 2. The minimum Gasteiger partial charge on any atom is -0.505 e. The van der Waals surface area contributed by atoms with Crippen LogP contribution in [0.25, 0.3) is 11.3 Å². The molecule has 5 nitrogen and oxygen atoms in total. The Labute approximate surface area is 84.6 Å². The summed E-state index contributed by atoms with van der Waals surface area (Å²) in [6.45, 7) is 0. The van der Waals surface area contributed by atoms with Gasteiger partial charge in [-0.25, -0.2) is 9.78 Å². The van der Waals surface area contributed by atoms with Gasteiger partial charge in [-0.05, 0) is 18.2 Å². The van der Waals surface area contributed by atoms with Crippen molar-refractivity contribution in [2.24, 2.45) is 0 Å². The number of aromatic carboxylic acids is 1. The molecule has 2 heterocycles.